The molecule has 0 radical (unpaired) electrons. The molecule has 0 bridgehead atoms. The lowest BCUT2D eigenvalue weighted by Crippen LogP contribution is -2.33. The first-order chi connectivity index (χ1) is 8.63. The van der Waals surface area contributed by atoms with Crippen molar-refractivity contribution in [1.29, 1.82) is 0 Å². The largest absolute Gasteiger partial charge is 0.345 e. The molecule has 0 fully saturated rings. The van der Waals surface area contributed by atoms with E-state index in [1.807, 2.05) is 0 Å². The molecule has 5 heteroatoms. The number of hydrogen-bond acceptors (Lipinski definition) is 4. The number of anilines is 1. The molecule has 1 aromatic rings. The van der Waals surface area contributed by atoms with Gasteiger partial charge in [-0.25, -0.2) is 4.98 Å². The maximum absolute atomic E-state index is 11.5. The fourth-order valence-electron chi connectivity index (χ4n) is 1.65. The Labute approximate surface area is 118 Å². The summed E-state index contributed by atoms with van der Waals surface area (Å²) in [4.78, 5) is 18.2. The van der Waals surface area contributed by atoms with Crippen molar-refractivity contribution >= 4 is 33.9 Å². The summed E-state index contributed by atoms with van der Waals surface area (Å²) >= 11 is 7.08. The van der Waals surface area contributed by atoms with Crippen LogP contribution in [0.25, 0.3) is 0 Å². The van der Waals surface area contributed by atoms with E-state index in [0.717, 1.165) is 30.9 Å². The number of hydrogen-bond donors (Lipinski definition) is 0. The normalized spacial score (nSPS) is 12.4. The van der Waals surface area contributed by atoms with Crippen LogP contribution in [-0.4, -0.2) is 29.2 Å². The lowest BCUT2D eigenvalue weighted by molar-refractivity contribution is 0.101. The predicted molar refractivity (Wildman–Crippen MR) is 79.2 cm³/mol. The van der Waals surface area contributed by atoms with Gasteiger partial charge in [0.05, 0.1) is 5.88 Å². The van der Waals surface area contributed by atoms with Crippen molar-refractivity contribution in [2.45, 2.75) is 46.1 Å². The second-order valence-corrected chi connectivity index (χ2v) is 5.48. The molecule has 0 saturated carbocycles. The van der Waals surface area contributed by atoms with E-state index in [0.29, 0.717) is 11.7 Å². The molecule has 1 heterocycles. The molecule has 18 heavy (non-hydrogen) atoms. The smallest absolute Gasteiger partial charge is 0.196 e. The van der Waals surface area contributed by atoms with E-state index in [1.165, 1.54) is 11.3 Å². The number of nitrogens with zero attached hydrogens (tertiary/aromatic N) is 2. The van der Waals surface area contributed by atoms with Gasteiger partial charge < -0.3 is 4.90 Å². The summed E-state index contributed by atoms with van der Waals surface area (Å²) in [5, 5.41) is 2.74. The number of alkyl halides is 1. The zero-order chi connectivity index (χ0) is 13.5. The number of aromatic nitrogens is 1. The van der Waals surface area contributed by atoms with Crippen LogP contribution in [0, 0.1) is 0 Å². The minimum absolute atomic E-state index is 0.00145. The van der Waals surface area contributed by atoms with Crippen LogP contribution in [0.1, 0.15) is 50.5 Å². The van der Waals surface area contributed by atoms with Crippen LogP contribution in [0.4, 0.5) is 5.13 Å². The SMILES string of the molecule is CCCCN(c1nc(C(=O)CCl)cs1)C(C)CC. The minimum Gasteiger partial charge on any atom is -0.345 e. The fraction of sp³-hybridized carbons (Fsp3) is 0.692. The van der Waals surface area contributed by atoms with E-state index in [1.54, 1.807) is 5.38 Å². The molecule has 1 aromatic heterocycles. The number of thiazole rings is 1. The predicted octanol–water partition coefficient (Wildman–Crippen LogP) is 3.97. The van der Waals surface area contributed by atoms with Gasteiger partial charge in [-0.2, -0.15) is 0 Å². The van der Waals surface area contributed by atoms with Gasteiger partial charge in [0.1, 0.15) is 5.69 Å². The molecule has 1 atom stereocenters. The summed E-state index contributed by atoms with van der Waals surface area (Å²) in [7, 11) is 0. The summed E-state index contributed by atoms with van der Waals surface area (Å²) < 4.78 is 0. The maximum Gasteiger partial charge on any atom is 0.196 e. The second kappa shape index (κ2) is 7.74. The first-order valence-corrected chi connectivity index (χ1v) is 7.86. The quantitative estimate of drug-likeness (QED) is 0.536. The number of rotatable bonds is 8. The molecular weight excluding hydrogens is 268 g/mol. The van der Waals surface area contributed by atoms with E-state index in [-0.39, 0.29) is 11.7 Å². The highest BCUT2D eigenvalue weighted by molar-refractivity contribution is 7.14. The molecule has 0 saturated heterocycles. The third-order valence-corrected chi connectivity index (χ3v) is 4.14. The van der Waals surface area contributed by atoms with Crippen molar-refractivity contribution in [3.8, 4) is 0 Å². The lowest BCUT2D eigenvalue weighted by Gasteiger charge is -2.27. The number of carbonyl (C=O) groups is 1. The summed E-state index contributed by atoms with van der Waals surface area (Å²) in [5.74, 6) is -0.0969. The third-order valence-electron chi connectivity index (χ3n) is 3.02. The van der Waals surface area contributed by atoms with Gasteiger partial charge in [0.2, 0.25) is 0 Å². The van der Waals surface area contributed by atoms with Crippen molar-refractivity contribution in [3.05, 3.63) is 11.1 Å². The van der Waals surface area contributed by atoms with Gasteiger partial charge in [-0.1, -0.05) is 20.3 Å². The van der Waals surface area contributed by atoms with E-state index in [9.17, 15) is 4.79 Å². The van der Waals surface area contributed by atoms with Gasteiger partial charge in [0, 0.05) is 18.0 Å². The number of Topliss-reactive ketones (excluding diaryl/α,β-unsaturated/α-hetero) is 1. The van der Waals surface area contributed by atoms with Crippen LogP contribution < -0.4 is 4.90 Å². The second-order valence-electron chi connectivity index (χ2n) is 4.38. The van der Waals surface area contributed by atoms with Crippen molar-refractivity contribution in [1.82, 2.24) is 4.98 Å². The molecule has 0 aliphatic carbocycles. The fourth-order valence-corrected chi connectivity index (χ4v) is 2.74. The summed E-state index contributed by atoms with van der Waals surface area (Å²) in [6.45, 7) is 7.54. The van der Waals surface area contributed by atoms with E-state index < -0.39 is 0 Å². The average Bonchev–Trinajstić information content (AvgIpc) is 2.87. The first kappa shape index (κ1) is 15.4. The van der Waals surface area contributed by atoms with Crippen LogP contribution in [0.5, 0.6) is 0 Å². The molecule has 0 aromatic carbocycles. The topological polar surface area (TPSA) is 33.2 Å². The van der Waals surface area contributed by atoms with Crippen LogP contribution in [0.3, 0.4) is 0 Å². The molecule has 102 valence electrons. The Morgan fingerprint density at radius 1 is 1.56 bits per heavy atom. The Bertz CT molecular complexity index is 381. The first-order valence-electron chi connectivity index (χ1n) is 6.45. The molecule has 0 amide bonds. The molecule has 3 nitrogen and oxygen atoms in total. The Balaban J connectivity index is 2.84. The monoisotopic (exact) mass is 288 g/mol. The standard InChI is InChI=1S/C13H21ClN2OS/c1-4-6-7-16(10(3)5-2)13-15-11(9-18-13)12(17)8-14/h9-10H,4-8H2,1-3H3. The molecule has 0 aliphatic heterocycles. The summed E-state index contributed by atoms with van der Waals surface area (Å²) in [5.41, 5.74) is 0.495. The van der Waals surface area contributed by atoms with Gasteiger partial charge in [0.25, 0.3) is 0 Å². The number of halogens is 1. The highest BCUT2D eigenvalue weighted by Gasteiger charge is 2.17. The molecule has 1 unspecified atom stereocenters. The Morgan fingerprint density at radius 3 is 2.83 bits per heavy atom. The molecule has 0 aliphatic rings. The Morgan fingerprint density at radius 2 is 2.28 bits per heavy atom. The highest BCUT2D eigenvalue weighted by atomic mass is 35.5. The van der Waals surface area contributed by atoms with Gasteiger partial charge in [0.15, 0.2) is 10.9 Å². The van der Waals surface area contributed by atoms with Crippen LogP contribution >= 0.6 is 22.9 Å². The lowest BCUT2D eigenvalue weighted by atomic mass is 10.2. The maximum atomic E-state index is 11.5. The average molecular weight is 289 g/mol. The Kier molecular flexibility index (Phi) is 6.65. The molecule has 0 spiro atoms. The van der Waals surface area contributed by atoms with Crippen LogP contribution in [-0.2, 0) is 0 Å². The van der Waals surface area contributed by atoms with E-state index in [2.05, 4.69) is 30.7 Å². The van der Waals surface area contributed by atoms with E-state index in [4.69, 9.17) is 11.6 Å². The van der Waals surface area contributed by atoms with Gasteiger partial charge in [-0.3, -0.25) is 4.79 Å². The van der Waals surface area contributed by atoms with Crippen molar-refractivity contribution in [2.75, 3.05) is 17.3 Å². The van der Waals surface area contributed by atoms with E-state index >= 15 is 0 Å². The molecular formula is C13H21ClN2OS. The van der Waals surface area contributed by atoms with Crippen molar-refractivity contribution in [3.63, 3.8) is 0 Å². The zero-order valence-electron chi connectivity index (χ0n) is 11.3. The van der Waals surface area contributed by atoms with Gasteiger partial charge in [-0.05, 0) is 19.8 Å². The van der Waals surface area contributed by atoms with Gasteiger partial charge in [-0.15, -0.1) is 22.9 Å². The number of ketones is 1. The summed E-state index contributed by atoms with van der Waals surface area (Å²) in [6, 6.07) is 0.446. The number of unbranched alkanes of at least 4 members (excludes halogenated alkanes) is 1. The van der Waals surface area contributed by atoms with Gasteiger partial charge >= 0.3 is 0 Å². The van der Waals surface area contributed by atoms with Crippen molar-refractivity contribution < 1.29 is 4.79 Å². The van der Waals surface area contributed by atoms with Crippen LogP contribution in [0.2, 0.25) is 0 Å². The van der Waals surface area contributed by atoms with Crippen LogP contribution in [0.15, 0.2) is 5.38 Å². The molecule has 1 rings (SSSR count). The summed E-state index contributed by atoms with van der Waals surface area (Å²) in [6.07, 6.45) is 3.37. The molecule has 0 N–H and O–H groups in total. The van der Waals surface area contributed by atoms with Crippen molar-refractivity contribution in [2.24, 2.45) is 0 Å². The zero-order valence-corrected chi connectivity index (χ0v) is 12.9. The third kappa shape index (κ3) is 3.95. The highest BCUT2D eigenvalue weighted by Crippen LogP contribution is 2.24. The minimum atomic E-state index is -0.0984. The number of carbonyl (C=O) groups excluding carboxylic acids is 1. The Hall–Kier alpha value is -0.610.